The minimum atomic E-state index is -1.25. The Bertz CT molecular complexity index is 543. The summed E-state index contributed by atoms with van der Waals surface area (Å²) in [5.41, 5.74) is 10.6. The minimum Gasteiger partial charge on any atom is -0.480 e. The van der Waals surface area contributed by atoms with E-state index in [-0.39, 0.29) is 13.0 Å². The van der Waals surface area contributed by atoms with Gasteiger partial charge < -0.3 is 37.2 Å². The molecule has 0 aromatic carbocycles. The van der Waals surface area contributed by atoms with Crippen LogP contribution in [-0.4, -0.2) is 83.2 Å². The number of likely N-dealkylation sites (tertiary alicyclic amines) is 1. The maximum atomic E-state index is 12.8. The smallest absolute Gasteiger partial charge is 0.326 e. The van der Waals surface area contributed by atoms with Crippen molar-refractivity contribution in [2.24, 2.45) is 11.5 Å². The van der Waals surface area contributed by atoms with Crippen LogP contribution < -0.4 is 22.1 Å². The largest absolute Gasteiger partial charge is 0.480 e. The average molecular weight is 387 g/mol. The van der Waals surface area contributed by atoms with Gasteiger partial charge in [-0.25, -0.2) is 4.79 Å². The first-order chi connectivity index (χ1) is 12.8. The standard InChI is InChI=1S/C16H29N5O6/c17-6-2-1-4-10(15(25)21-7-3-5-12(21)16(26)27)20-14(24)11(9-22)19-13(23)8-18/h10-12,22H,1-9,17-18H2,(H,19,23)(H,20,24)(H,26,27). The monoisotopic (exact) mass is 387 g/mol. The molecule has 0 saturated carbocycles. The zero-order valence-electron chi connectivity index (χ0n) is 15.2. The number of carbonyl (C=O) groups excluding carboxylic acids is 3. The lowest BCUT2D eigenvalue weighted by Crippen LogP contribution is -2.57. The fourth-order valence-electron chi connectivity index (χ4n) is 2.96. The lowest BCUT2D eigenvalue weighted by atomic mass is 10.1. The van der Waals surface area contributed by atoms with E-state index in [0.717, 1.165) is 0 Å². The summed E-state index contributed by atoms with van der Waals surface area (Å²) in [4.78, 5) is 49.1. The minimum absolute atomic E-state index is 0.271. The highest BCUT2D eigenvalue weighted by Gasteiger charge is 2.38. The number of nitrogens with two attached hydrogens (primary N) is 2. The molecule has 0 spiro atoms. The average Bonchev–Trinajstić information content (AvgIpc) is 3.14. The van der Waals surface area contributed by atoms with Crippen molar-refractivity contribution >= 4 is 23.7 Å². The molecule has 0 radical (unpaired) electrons. The second-order valence-electron chi connectivity index (χ2n) is 6.38. The topological polar surface area (TPSA) is 188 Å². The summed E-state index contributed by atoms with van der Waals surface area (Å²) in [5.74, 6) is -2.94. The Morgan fingerprint density at radius 3 is 2.37 bits per heavy atom. The van der Waals surface area contributed by atoms with Gasteiger partial charge in [-0.05, 0) is 38.6 Å². The fraction of sp³-hybridized carbons (Fsp3) is 0.750. The summed E-state index contributed by atoms with van der Waals surface area (Å²) in [5, 5.41) is 23.4. The highest BCUT2D eigenvalue weighted by molar-refractivity contribution is 5.93. The number of aliphatic hydroxyl groups excluding tert-OH is 1. The van der Waals surface area contributed by atoms with E-state index in [1.54, 1.807) is 0 Å². The Morgan fingerprint density at radius 1 is 1.11 bits per heavy atom. The van der Waals surface area contributed by atoms with Crippen molar-refractivity contribution < 1.29 is 29.4 Å². The van der Waals surface area contributed by atoms with E-state index < -0.39 is 48.4 Å². The number of aliphatic hydroxyl groups is 1. The van der Waals surface area contributed by atoms with Crippen LogP contribution in [0, 0.1) is 0 Å². The predicted octanol–water partition coefficient (Wildman–Crippen LogP) is -2.89. The number of carboxylic acids is 1. The number of hydrogen-bond acceptors (Lipinski definition) is 7. The van der Waals surface area contributed by atoms with E-state index in [4.69, 9.17) is 11.5 Å². The van der Waals surface area contributed by atoms with Gasteiger partial charge >= 0.3 is 5.97 Å². The summed E-state index contributed by atoms with van der Waals surface area (Å²) < 4.78 is 0. The van der Waals surface area contributed by atoms with E-state index in [0.29, 0.717) is 38.8 Å². The van der Waals surface area contributed by atoms with Crippen LogP contribution in [0.3, 0.4) is 0 Å². The predicted molar refractivity (Wildman–Crippen MR) is 95.3 cm³/mol. The van der Waals surface area contributed by atoms with E-state index in [1.807, 2.05) is 0 Å². The highest BCUT2D eigenvalue weighted by atomic mass is 16.4. The molecule has 27 heavy (non-hydrogen) atoms. The Morgan fingerprint density at radius 2 is 1.81 bits per heavy atom. The van der Waals surface area contributed by atoms with Crippen LogP contribution in [0.1, 0.15) is 32.1 Å². The number of rotatable bonds is 11. The normalized spacial score (nSPS) is 18.6. The summed E-state index contributed by atoms with van der Waals surface area (Å²) >= 11 is 0. The van der Waals surface area contributed by atoms with Crippen LogP contribution in [0.2, 0.25) is 0 Å². The number of carbonyl (C=O) groups is 4. The second-order valence-corrected chi connectivity index (χ2v) is 6.38. The van der Waals surface area contributed by atoms with Crippen LogP contribution in [0.5, 0.6) is 0 Å². The van der Waals surface area contributed by atoms with E-state index in [2.05, 4.69) is 10.6 Å². The lowest BCUT2D eigenvalue weighted by molar-refractivity contribution is -0.149. The summed E-state index contributed by atoms with van der Waals surface area (Å²) in [6, 6.07) is -3.13. The number of nitrogens with zero attached hydrogens (tertiary/aromatic N) is 1. The molecule has 11 heteroatoms. The van der Waals surface area contributed by atoms with Crippen LogP contribution in [0.25, 0.3) is 0 Å². The molecule has 1 aliphatic rings. The van der Waals surface area contributed by atoms with Crippen molar-refractivity contribution in [1.29, 1.82) is 0 Å². The van der Waals surface area contributed by atoms with E-state index in [9.17, 15) is 29.4 Å². The SMILES string of the molecule is NCCCCC(NC(=O)C(CO)NC(=O)CN)C(=O)N1CCCC1C(=O)O. The second kappa shape index (κ2) is 11.5. The Hall–Kier alpha value is -2.24. The molecule has 8 N–H and O–H groups in total. The van der Waals surface area contributed by atoms with E-state index in [1.165, 1.54) is 4.90 Å². The molecule has 1 rings (SSSR count). The molecule has 1 fully saturated rings. The first-order valence-corrected chi connectivity index (χ1v) is 8.99. The van der Waals surface area contributed by atoms with Gasteiger partial charge in [0.15, 0.2) is 0 Å². The molecular weight excluding hydrogens is 358 g/mol. The molecule has 0 aromatic heterocycles. The third-order valence-electron chi connectivity index (χ3n) is 4.40. The molecular formula is C16H29N5O6. The highest BCUT2D eigenvalue weighted by Crippen LogP contribution is 2.19. The van der Waals surface area contributed by atoms with Gasteiger partial charge in [-0.3, -0.25) is 14.4 Å². The molecule has 3 atom stereocenters. The van der Waals surface area contributed by atoms with Gasteiger partial charge in [-0.1, -0.05) is 0 Å². The molecule has 0 aliphatic carbocycles. The Balaban J connectivity index is 2.86. The maximum absolute atomic E-state index is 12.8. The molecule has 3 amide bonds. The Kier molecular flexibility index (Phi) is 9.68. The number of hydrogen-bond donors (Lipinski definition) is 6. The quantitative estimate of drug-likeness (QED) is 0.204. The number of nitrogens with one attached hydrogen (secondary N) is 2. The van der Waals surface area contributed by atoms with E-state index >= 15 is 0 Å². The van der Waals surface area contributed by atoms with Crippen LogP contribution in [-0.2, 0) is 19.2 Å². The Labute approximate surface area is 157 Å². The zero-order valence-corrected chi connectivity index (χ0v) is 15.2. The van der Waals surface area contributed by atoms with Crippen molar-refractivity contribution in [1.82, 2.24) is 15.5 Å². The van der Waals surface area contributed by atoms with Crippen LogP contribution in [0.4, 0.5) is 0 Å². The summed E-state index contributed by atoms with van der Waals surface area (Å²) in [6.45, 7) is -0.298. The lowest BCUT2D eigenvalue weighted by Gasteiger charge is -2.28. The van der Waals surface area contributed by atoms with Gasteiger partial charge in [0.1, 0.15) is 18.1 Å². The van der Waals surface area contributed by atoms with Crippen LogP contribution >= 0.6 is 0 Å². The number of amides is 3. The van der Waals surface area contributed by atoms with Gasteiger partial charge in [-0.15, -0.1) is 0 Å². The number of unbranched alkanes of at least 4 members (excludes halogenated alkanes) is 1. The van der Waals surface area contributed by atoms with Gasteiger partial charge in [0.25, 0.3) is 0 Å². The molecule has 1 saturated heterocycles. The number of carboxylic acid groups (broad SMARTS) is 1. The first kappa shape index (κ1) is 22.8. The van der Waals surface area contributed by atoms with Gasteiger partial charge in [0.2, 0.25) is 17.7 Å². The van der Waals surface area contributed by atoms with Crippen molar-refractivity contribution in [3.8, 4) is 0 Å². The van der Waals surface area contributed by atoms with Crippen LogP contribution in [0.15, 0.2) is 0 Å². The molecule has 1 aliphatic heterocycles. The fourth-order valence-corrected chi connectivity index (χ4v) is 2.96. The van der Waals surface area contributed by atoms with Crippen molar-refractivity contribution in [3.63, 3.8) is 0 Å². The van der Waals surface area contributed by atoms with Gasteiger partial charge in [0.05, 0.1) is 13.2 Å². The van der Waals surface area contributed by atoms with Crippen molar-refractivity contribution in [3.05, 3.63) is 0 Å². The molecule has 0 aromatic rings. The zero-order chi connectivity index (χ0) is 20.4. The van der Waals surface area contributed by atoms with Crippen molar-refractivity contribution in [2.75, 3.05) is 26.2 Å². The molecule has 11 nitrogen and oxygen atoms in total. The molecule has 3 unspecified atom stereocenters. The summed E-state index contributed by atoms with van der Waals surface area (Å²) in [6.07, 6.45) is 2.38. The van der Waals surface area contributed by atoms with Gasteiger partial charge in [-0.2, -0.15) is 0 Å². The molecule has 154 valence electrons. The third kappa shape index (κ3) is 6.77. The van der Waals surface area contributed by atoms with Gasteiger partial charge in [0, 0.05) is 6.54 Å². The first-order valence-electron chi connectivity index (χ1n) is 8.99. The molecule has 0 bridgehead atoms. The summed E-state index contributed by atoms with van der Waals surface area (Å²) in [7, 11) is 0. The number of aliphatic carboxylic acids is 1. The maximum Gasteiger partial charge on any atom is 0.326 e. The van der Waals surface area contributed by atoms with Crippen molar-refractivity contribution in [2.45, 2.75) is 50.2 Å². The molecule has 1 heterocycles. The third-order valence-corrected chi connectivity index (χ3v) is 4.40.